The van der Waals surface area contributed by atoms with Crippen LogP contribution < -0.4 is 5.32 Å². The van der Waals surface area contributed by atoms with Gasteiger partial charge in [-0.25, -0.2) is 4.79 Å². The van der Waals surface area contributed by atoms with Gasteiger partial charge in [-0.2, -0.15) is 5.26 Å². The molecule has 0 fully saturated rings. The molecule has 0 saturated carbocycles. The van der Waals surface area contributed by atoms with Crippen molar-refractivity contribution in [1.82, 2.24) is 10.2 Å². The highest BCUT2D eigenvalue weighted by atomic mass is 16.6. The molecule has 1 aromatic heterocycles. The van der Waals surface area contributed by atoms with E-state index in [0.717, 1.165) is 0 Å². The maximum Gasteiger partial charge on any atom is 0.410 e. The summed E-state index contributed by atoms with van der Waals surface area (Å²) in [4.78, 5) is 13.6. The molecule has 0 aromatic carbocycles. The summed E-state index contributed by atoms with van der Waals surface area (Å²) in [5, 5.41) is 11.8. The van der Waals surface area contributed by atoms with Crippen LogP contribution in [0.2, 0.25) is 0 Å². The molecule has 0 aliphatic carbocycles. The summed E-state index contributed by atoms with van der Waals surface area (Å²) in [5.74, 6) is 1.00. The monoisotopic (exact) mass is 293 g/mol. The molecule has 0 bridgehead atoms. The lowest BCUT2D eigenvalue weighted by molar-refractivity contribution is 0.0262. The topological polar surface area (TPSA) is 78.5 Å². The van der Waals surface area contributed by atoms with Gasteiger partial charge >= 0.3 is 6.09 Å². The molecule has 1 rings (SSSR count). The average Bonchev–Trinajstić information content (AvgIpc) is 2.84. The molecular weight excluding hydrogens is 270 g/mol. The number of amides is 1. The fourth-order valence-corrected chi connectivity index (χ4v) is 1.66. The zero-order chi connectivity index (χ0) is 15.9. The van der Waals surface area contributed by atoms with E-state index in [1.54, 1.807) is 17.0 Å². The van der Waals surface area contributed by atoms with Crippen LogP contribution in [0.25, 0.3) is 0 Å². The molecular formula is C15H23N3O3. The Bertz CT molecular complexity index is 497. The Labute approximate surface area is 125 Å². The highest BCUT2D eigenvalue weighted by molar-refractivity contribution is 5.68. The van der Waals surface area contributed by atoms with Gasteiger partial charge in [-0.05, 0) is 39.8 Å². The largest absolute Gasteiger partial charge is 0.449 e. The van der Waals surface area contributed by atoms with Crippen molar-refractivity contribution in [2.45, 2.75) is 39.8 Å². The van der Waals surface area contributed by atoms with Crippen LogP contribution in [0.1, 0.15) is 39.2 Å². The number of rotatable bonds is 6. The Balaban J connectivity index is 2.32. The zero-order valence-corrected chi connectivity index (χ0v) is 13.1. The average molecular weight is 293 g/mol. The third-order valence-corrected chi connectivity index (χ3v) is 2.66. The molecule has 0 aliphatic rings. The van der Waals surface area contributed by atoms with Gasteiger partial charge in [0.2, 0.25) is 5.76 Å². The number of carbonyl (C=O) groups excluding carboxylic acids is 1. The van der Waals surface area contributed by atoms with Crippen molar-refractivity contribution in [1.29, 1.82) is 5.26 Å². The van der Waals surface area contributed by atoms with Gasteiger partial charge in [-0.15, -0.1) is 0 Å². The SMILES string of the molecule is CCN(CCNCc1ccc(C#N)o1)C(=O)OC(C)(C)C. The molecule has 21 heavy (non-hydrogen) atoms. The number of furan rings is 1. The standard InChI is InChI=1S/C15H23N3O3/c1-5-18(14(19)21-15(2,3)4)9-8-17-11-13-7-6-12(10-16)20-13/h6-7,17H,5,8-9,11H2,1-4H3. The molecule has 0 atom stereocenters. The van der Waals surface area contributed by atoms with E-state index in [9.17, 15) is 4.79 Å². The van der Waals surface area contributed by atoms with Gasteiger partial charge < -0.3 is 19.4 Å². The van der Waals surface area contributed by atoms with Crippen molar-refractivity contribution in [3.05, 3.63) is 23.7 Å². The lowest BCUT2D eigenvalue weighted by Crippen LogP contribution is -2.40. The molecule has 0 radical (unpaired) electrons. The van der Waals surface area contributed by atoms with E-state index >= 15 is 0 Å². The predicted octanol–water partition coefficient (Wildman–Crippen LogP) is 2.50. The summed E-state index contributed by atoms with van der Waals surface area (Å²) in [5.41, 5.74) is -0.486. The van der Waals surface area contributed by atoms with Crippen molar-refractivity contribution in [3.8, 4) is 6.07 Å². The lowest BCUT2D eigenvalue weighted by atomic mass is 10.2. The van der Waals surface area contributed by atoms with E-state index in [-0.39, 0.29) is 6.09 Å². The van der Waals surface area contributed by atoms with Gasteiger partial charge in [0.05, 0.1) is 6.54 Å². The lowest BCUT2D eigenvalue weighted by Gasteiger charge is -2.26. The predicted molar refractivity (Wildman–Crippen MR) is 78.6 cm³/mol. The molecule has 1 N–H and O–H groups in total. The summed E-state index contributed by atoms with van der Waals surface area (Å²) in [7, 11) is 0. The van der Waals surface area contributed by atoms with Gasteiger partial charge in [0.15, 0.2) is 0 Å². The van der Waals surface area contributed by atoms with E-state index in [4.69, 9.17) is 14.4 Å². The summed E-state index contributed by atoms with van der Waals surface area (Å²) < 4.78 is 10.6. The van der Waals surface area contributed by atoms with Crippen molar-refractivity contribution in [3.63, 3.8) is 0 Å². The molecule has 0 saturated heterocycles. The minimum Gasteiger partial charge on any atom is -0.449 e. The van der Waals surface area contributed by atoms with E-state index < -0.39 is 5.60 Å². The fourth-order valence-electron chi connectivity index (χ4n) is 1.66. The summed E-state index contributed by atoms with van der Waals surface area (Å²) in [6, 6.07) is 5.33. The fraction of sp³-hybridized carbons (Fsp3) is 0.600. The quantitative estimate of drug-likeness (QED) is 0.815. The molecule has 6 nitrogen and oxygen atoms in total. The van der Waals surface area contributed by atoms with Crippen molar-refractivity contribution < 1.29 is 13.9 Å². The van der Waals surface area contributed by atoms with E-state index in [1.807, 2.05) is 33.8 Å². The minimum atomic E-state index is -0.486. The van der Waals surface area contributed by atoms with Gasteiger partial charge in [0.1, 0.15) is 17.4 Å². The zero-order valence-electron chi connectivity index (χ0n) is 13.1. The Morgan fingerprint density at radius 2 is 2.19 bits per heavy atom. The normalized spacial score (nSPS) is 11.0. The Morgan fingerprint density at radius 1 is 1.48 bits per heavy atom. The number of carbonyl (C=O) groups is 1. The maximum absolute atomic E-state index is 11.9. The third-order valence-electron chi connectivity index (χ3n) is 2.66. The first-order valence-electron chi connectivity index (χ1n) is 7.03. The first-order chi connectivity index (χ1) is 9.85. The Kier molecular flexibility index (Phi) is 6.25. The number of hydrogen-bond donors (Lipinski definition) is 1. The maximum atomic E-state index is 11.9. The van der Waals surface area contributed by atoms with Crippen LogP contribution in [0, 0.1) is 11.3 Å². The molecule has 0 aliphatic heterocycles. The highest BCUT2D eigenvalue weighted by Crippen LogP contribution is 2.09. The van der Waals surface area contributed by atoms with Crippen molar-refractivity contribution >= 4 is 6.09 Å². The van der Waals surface area contributed by atoms with Gasteiger partial charge in [-0.3, -0.25) is 0 Å². The van der Waals surface area contributed by atoms with Crippen LogP contribution in [-0.2, 0) is 11.3 Å². The van der Waals surface area contributed by atoms with E-state index in [2.05, 4.69) is 5.32 Å². The summed E-state index contributed by atoms with van der Waals surface area (Å²) >= 11 is 0. The summed E-state index contributed by atoms with van der Waals surface area (Å²) in [6.45, 7) is 9.74. The molecule has 0 unspecified atom stereocenters. The first-order valence-corrected chi connectivity index (χ1v) is 7.03. The molecule has 1 aromatic rings. The van der Waals surface area contributed by atoms with Gasteiger partial charge in [0.25, 0.3) is 0 Å². The number of likely N-dealkylation sites (N-methyl/N-ethyl adjacent to an activating group) is 1. The second-order valence-electron chi connectivity index (χ2n) is 5.61. The number of hydrogen-bond acceptors (Lipinski definition) is 5. The number of nitrogens with one attached hydrogen (secondary N) is 1. The van der Waals surface area contributed by atoms with Crippen LogP contribution in [0.5, 0.6) is 0 Å². The van der Waals surface area contributed by atoms with E-state index in [0.29, 0.717) is 37.7 Å². The van der Waals surface area contributed by atoms with E-state index in [1.165, 1.54) is 0 Å². The smallest absolute Gasteiger partial charge is 0.410 e. The van der Waals surface area contributed by atoms with Crippen molar-refractivity contribution in [2.75, 3.05) is 19.6 Å². The van der Waals surface area contributed by atoms with Crippen LogP contribution >= 0.6 is 0 Å². The first kappa shape index (κ1) is 17.1. The Morgan fingerprint density at radius 3 is 2.71 bits per heavy atom. The van der Waals surface area contributed by atoms with Gasteiger partial charge in [-0.1, -0.05) is 0 Å². The second kappa shape index (κ2) is 7.70. The number of ether oxygens (including phenoxy) is 1. The molecule has 6 heteroatoms. The highest BCUT2D eigenvalue weighted by Gasteiger charge is 2.20. The van der Waals surface area contributed by atoms with Crippen molar-refractivity contribution in [2.24, 2.45) is 0 Å². The minimum absolute atomic E-state index is 0.302. The van der Waals surface area contributed by atoms with Crippen LogP contribution in [0.4, 0.5) is 4.79 Å². The molecule has 116 valence electrons. The number of nitrogens with zero attached hydrogens (tertiary/aromatic N) is 2. The Hall–Kier alpha value is -2.00. The molecule has 1 amide bonds. The van der Waals surface area contributed by atoms with Crippen LogP contribution in [0.15, 0.2) is 16.5 Å². The van der Waals surface area contributed by atoms with Crippen LogP contribution in [0.3, 0.4) is 0 Å². The molecule has 1 heterocycles. The van der Waals surface area contributed by atoms with Gasteiger partial charge in [0, 0.05) is 19.6 Å². The summed E-state index contributed by atoms with van der Waals surface area (Å²) in [6.07, 6.45) is -0.309. The molecule has 0 spiro atoms. The van der Waals surface area contributed by atoms with Crippen LogP contribution in [-0.4, -0.2) is 36.2 Å². The second-order valence-corrected chi connectivity index (χ2v) is 5.61. The third kappa shape index (κ3) is 6.32. The number of nitriles is 1.